The summed E-state index contributed by atoms with van der Waals surface area (Å²) in [5, 5.41) is 10.1. The predicted molar refractivity (Wildman–Crippen MR) is 102 cm³/mol. The molecule has 0 atom stereocenters. The van der Waals surface area contributed by atoms with Gasteiger partial charge in [-0.1, -0.05) is 12.1 Å². The van der Waals surface area contributed by atoms with Gasteiger partial charge in [0.25, 0.3) is 5.91 Å². The summed E-state index contributed by atoms with van der Waals surface area (Å²) in [6.07, 6.45) is 4.70. The quantitative estimate of drug-likeness (QED) is 0.700. The predicted octanol–water partition coefficient (Wildman–Crippen LogP) is 1.70. The lowest BCUT2D eigenvalue weighted by Crippen LogP contribution is -2.28. The van der Waals surface area contributed by atoms with Gasteiger partial charge in [-0.2, -0.15) is 4.31 Å². The van der Waals surface area contributed by atoms with Gasteiger partial charge in [0.2, 0.25) is 10.0 Å². The second-order valence-electron chi connectivity index (χ2n) is 6.34. The number of benzene rings is 1. The molecule has 1 fully saturated rings. The van der Waals surface area contributed by atoms with E-state index in [1.54, 1.807) is 34.9 Å². The number of sulfonamides is 1. The molecule has 3 aromatic rings. The fourth-order valence-corrected chi connectivity index (χ4v) is 4.58. The molecule has 4 rings (SSSR count). The van der Waals surface area contributed by atoms with E-state index in [1.807, 2.05) is 0 Å². The summed E-state index contributed by atoms with van der Waals surface area (Å²) in [6, 6.07) is 11.3. The summed E-state index contributed by atoms with van der Waals surface area (Å²) in [5.41, 5.74) is 0.584. The highest BCUT2D eigenvalue weighted by atomic mass is 32.2. The van der Waals surface area contributed by atoms with E-state index >= 15 is 0 Å². The molecule has 1 aliphatic heterocycles. The minimum atomic E-state index is -3.55. The Hall–Kier alpha value is -3.11. The van der Waals surface area contributed by atoms with Crippen molar-refractivity contribution in [1.29, 1.82) is 0 Å². The molecule has 0 spiro atoms. The molecule has 1 saturated heterocycles. The fraction of sp³-hybridized carbons (Fsp3) is 0.222. The van der Waals surface area contributed by atoms with E-state index in [2.05, 4.69) is 20.5 Å². The third kappa shape index (κ3) is 3.64. The molecule has 0 saturated carbocycles. The molecule has 1 N–H and O–H groups in total. The molecular formula is C18H18N6O3S. The third-order valence-electron chi connectivity index (χ3n) is 4.45. The molecule has 3 heterocycles. The Labute approximate surface area is 162 Å². The van der Waals surface area contributed by atoms with Crippen LogP contribution in [0.15, 0.2) is 60.0 Å². The lowest BCUT2D eigenvalue weighted by molar-refractivity contribution is 0.102. The van der Waals surface area contributed by atoms with Gasteiger partial charge in [-0.3, -0.25) is 9.36 Å². The Kier molecular flexibility index (Phi) is 4.88. The van der Waals surface area contributed by atoms with Crippen LogP contribution in [0.5, 0.6) is 0 Å². The van der Waals surface area contributed by atoms with E-state index in [0.29, 0.717) is 24.6 Å². The van der Waals surface area contributed by atoms with Crippen LogP contribution in [0, 0.1) is 0 Å². The maximum atomic E-state index is 12.7. The van der Waals surface area contributed by atoms with E-state index in [1.165, 1.54) is 29.1 Å². The first-order valence-electron chi connectivity index (χ1n) is 8.78. The Morgan fingerprint density at radius 1 is 1.00 bits per heavy atom. The molecule has 0 unspecified atom stereocenters. The minimum Gasteiger partial charge on any atom is -0.321 e. The van der Waals surface area contributed by atoms with Gasteiger partial charge in [-0.05, 0) is 43.2 Å². The molecule has 9 nitrogen and oxygen atoms in total. The van der Waals surface area contributed by atoms with Gasteiger partial charge in [0, 0.05) is 18.8 Å². The van der Waals surface area contributed by atoms with Crippen molar-refractivity contribution in [2.75, 3.05) is 18.4 Å². The lowest BCUT2D eigenvalue weighted by Gasteiger charge is -2.16. The number of hydrogen-bond acceptors (Lipinski definition) is 6. The highest BCUT2D eigenvalue weighted by Gasteiger charge is 2.27. The van der Waals surface area contributed by atoms with Crippen LogP contribution >= 0.6 is 0 Å². The molecule has 0 radical (unpaired) electrons. The van der Waals surface area contributed by atoms with Crippen molar-refractivity contribution in [3.63, 3.8) is 0 Å². The molecule has 1 aromatic carbocycles. The van der Waals surface area contributed by atoms with Gasteiger partial charge >= 0.3 is 0 Å². The largest absolute Gasteiger partial charge is 0.321 e. The Morgan fingerprint density at radius 2 is 1.71 bits per heavy atom. The number of carbonyl (C=O) groups excluding carboxylic acids is 1. The van der Waals surface area contributed by atoms with Crippen molar-refractivity contribution < 1.29 is 13.2 Å². The maximum Gasteiger partial charge on any atom is 0.274 e. The molecule has 1 aliphatic rings. The highest BCUT2D eigenvalue weighted by Crippen LogP contribution is 2.23. The van der Waals surface area contributed by atoms with Crippen LogP contribution in [0.1, 0.15) is 23.3 Å². The van der Waals surface area contributed by atoms with E-state index in [4.69, 9.17) is 0 Å². The summed E-state index contributed by atoms with van der Waals surface area (Å²) in [7, 11) is -3.55. The summed E-state index contributed by atoms with van der Waals surface area (Å²) in [5.74, 6) is 0.0636. The molecule has 1 amide bonds. The number of amides is 1. The molecule has 28 heavy (non-hydrogen) atoms. The first kappa shape index (κ1) is 18.3. The molecular weight excluding hydrogens is 380 g/mol. The zero-order valence-electron chi connectivity index (χ0n) is 14.9. The van der Waals surface area contributed by atoms with Crippen molar-refractivity contribution in [1.82, 2.24) is 24.1 Å². The average molecular weight is 398 g/mol. The van der Waals surface area contributed by atoms with E-state index in [9.17, 15) is 13.2 Å². The van der Waals surface area contributed by atoms with Gasteiger partial charge < -0.3 is 5.32 Å². The fourth-order valence-electron chi connectivity index (χ4n) is 3.02. The second kappa shape index (κ2) is 7.49. The van der Waals surface area contributed by atoms with Crippen molar-refractivity contribution >= 4 is 21.6 Å². The number of pyridine rings is 1. The van der Waals surface area contributed by atoms with Gasteiger partial charge in [-0.25, -0.2) is 13.4 Å². The van der Waals surface area contributed by atoms with Gasteiger partial charge in [0.05, 0.1) is 4.90 Å². The number of aromatic nitrogens is 4. The van der Waals surface area contributed by atoms with Crippen LogP contribution in [-0.2, 0) is 10.0 Å². The summed E-state index contributed by atoms with van der Waals surface area (Å²) in [6.45, 7) is 1.05. The van der Waals surface area contributed by atoms with Gasteiger partial charge in [-0.15, -0.1) is 10.2 Å². The van der Waals surface area contributed by atoms with E-state index in [0.717, 1.165) is 12.8 Å². The van der Waals surface area contributed by atoms with Crippen molar-refractivity contribution in [2.24, 2.45) is 0 Å². The molecule has 0 bridgehead atoms. The maximum absolute atomic E-state index is 12.7. The summed E-state index contributed by atoms with van der Waals surface area (Å²) >= 11 is 0. The van der Waals surface area contributed by atoms with Crippen LogP contribution in [0.25, 0.3) is 5.82 Å². The molecule has 10 heteroatoms. The number of nitrogens with one attached hydrogen (secondary N) is 1. The number of nitrogens with zero attached hydrogens (tertiary/aromatic N) is 5. The van der Waals surface area contributed by atoms with Crippen molar-refractivity contribution in [2.45, 2.75) is 17.7 Å². The Bertz CT molecular complexity index is 1090. The van der Waals surface area contributed by atoms with Crippen LogP contribution in [0.2, 0.25) is 0 Å². The third-order valence-corrected chi connectivity index (χ3v) is 6.34. The number of anilines is 1. The van der Waals surface area contributed by atoms with Gasteiger partial charge in [0.15, 0.2) is 0 Å². The monoisotopic (exact) mass is 398 g/mol. The van der Waals surface area contributed by atoms with Crippen LogP contribution < -0.4 is 5.32 Å². The smallest absolute Gasteiger partial charge is 0.274 e. The molecule has 2 aromatic heterocycles. The van der Waals surface area contributed by atoms with Crippen LogP contribution in [-0.4, -0.2) is 51.5 Å². The lowest BCUT2D eigenvalue weighted by atomic mass is 10.3. The topological polar surface area (TPSA) is 110 Å². The second-order valence-corrected chi connectivity index (χ2v) is 8.28. The molecule has 144 valence electrons. The van der Waals surface area contributed by atoms with Gasteiger partial charge in [0.1, 0.15) is 24.2 Å². The highest BCUT2D eigenvalue weighted by molar-refractivity contribution is 7.89. The normalized spacial score (nSPS) is 14.9. The summed E-state index contributed by atoms with van der Waals surface area (Å²) in [4.78, 5) is 17.0. The number of hydrogen-bond donors (Lipinski definition) is 1. The van der Waals surface area contributed by atoms with E-state index < -0.39 is 15.9 Å². The first-order chi connectivity index (χ1) is 13.5. The number of rotatable bonds is 5. The average Bonchev–Trinajstić information content (AvgIpc) is 3.42. The van der Waals surface area contributed by atoms with Crippen LogP contribution in [0.3, 0.4) is 0 Å². The standard InChI is InChI=1S/C18H18N6O3S/c25-18(16-7-4-8-17(22-16)23-12-19-20-13-23)21-14-5-3-6-15(11-14)28(26,27)24-9-1-2-10-24/h3-8,11-13H,1-2,9-10H2,(H,21,25). The first-order valence-corrected chi connectivity index (χ1v) is 10.2. The Morgan fingerprint density at radius 3 is 2.46 bits per heavy atom. The van der Waals surface area contributed by atoms with Crippen molar-refractivity contribution in [3.05, 3.63) is 60.8 Å². The zero-order valence-corrected chi connectivity index (χ0v) is 15.7. The molecule has 0 aliphatic carbocycles. The zero-order chi connectivity index (χ0) is 19.6. The SMILES string of the molecule is O=C(Nc1cccc(S(=O)(=O)N2CCCC2)c1)c1cccc(-n2cnnc2)n1. The minimum absolute atomic E-state index is 0.165. The number of carbonyl (C=O) groups is 1. The van der Waals surface area contributed by atoms with Crippen molar-refractivity contribution in [3.8, 4) is 5.82 Å². The Balaban J connectivity index is 1.55. The van der Waals surface area contributed by atoms with E-state index in [-0.39, 0.29) is 10.6 Å². The van der Waals surface area contributed by atoms with Crippen LogP contribution in [0.4, 0.5) is 5.69 Å². The summed E-state index contributed by atoms with van der Waals surface area (Å²) < 4.78 is 28.5.